The number of aliphatic imine (C=N–C) groups is 1. The highest BCUT2D eigenvalue weighted by Crippen LogP contribution is 2.50. The second-order valence-corrected chi connectivity index (χ2v) is 8.75. The molecule has 2 aliphatic heterocycles. The minimum absolute atomic E-state index is 0.0271. The van der Waals surface area contributed by atoms with Crippen molar-refractivity contribution >= 4 is 46.0 Å². The third kappa shape index (κ3) is 3.76. The predicted octanol–water partition coefficient (Wildman–Crippen LogP) is 5.47. The topological polar surface area (TPSA) is 45.1 Å². The number of hydrogen-bond donors (Lipinski definition) is 0. The molecule has 4 rings (SSSR count). The third-order valence-electron chi connectivity index (χ3n) is 4.83. The highest BCUT2D eigenvalue weighted by Gasteiger charge is 2.38. The van der Waals surface area contributed by atoms with Gasteiger partial charge in [0.15, 0.2) is 5.17 Å². The van der Waals surface area contributed by atoms with Gasteiger partial charge in [-0.15, -0.1) is 0 Å². The Kier molecular flexibility index (Phi) is 5.87. The van der Waals surface area contributed by atoms with Gasteiger partial charge in [0.2, 0.25) is 0 Å². The fraction of sp³-hybridized carbons (Fsp3) is 0.273. The summed E-state index contributed by atoms with van der Waals surface area (Å²) in [6, 6.07) is 15.9. The van der Waals surface area contributed by atoms with Crippen LogP contribution < -0.4 is 9.64 Å². The highest BCUT2D eigenvalue weighted by molar-refractivity contribution is 8.19. The molecule has 1 saturated heterocycles. The molecule has 29 heavy (non-hydrogen) atoms. The van der Waals surface area contributed by atoms with E-state index in [0.29, 0.717) is 17.5 Å². The van der Waals surface area contributed by atoms with E-state index in [1.165, 1.54) is 16.7 Å². The average molecular weight is 426 g/mol. The van der Waals surface area contributed by atoms with Gasteiger partial charge in [0.05, 0.1) is 17.8 Å². The van der Waals surface area contributed by atoms with Gasteiger partial charge in [-0.05, 0) is 42.4 Å². The molecule has 0 bridgehead atoms. The summed E-state index contributed by atoms with van der Waals surface area (Å²) >= 11 is 3.10. The summed E-state index contributed by atoms with van der Waals surface area (Å²) in [4.78, 5) is 24.0. The smallest absolute Gasteiger partial charge is 0.269 e. The van der Waals surface area contributed by atoms with Crippen LogP contribution in [0.5, 0.6) is 5.75 Å². The van der Waals surface area contributed by atoms with E-state index >= 15 is 0 Å². The van der Waals surface area contributed by atoms with Gasteiger partial charge >= 0.3 is 0 Å². The molecule has 0 N–H and O–H groups in total. The Balaban J connectivity index is 1.74. The van der Waals surface area contributed by atoms with Crippen molar-refractivity contribution in [2.45, 2.75) is 24.7 Å². The zero-order valence-corrected chi connectivity index (χ0v) is 18.3. The number of unbranched alkanes of at least 4 members (excludes halogenated alkanes) is 1. The van der Waals surface area contributed by atoms with Crippen LogP contribution in [0.15, 0.2) is 68.4 Å². The highest BCUT2D eigenvalue weighted by atomic mass is 32.2. The summed E-state index contributed by atoms with van der Waals surface area (Å²) in [6.45, 7) is 2.79. The minimum Gasteiger partial charge on any atom is -0.494 e. The van der Waals surface area contributed by atoms with E-state index < -0.39 is 0 Å². The first kappa shape index (κ1) is 19.9. The van der Waals surface area contributed by atoms with Gasteiger partial charge in [-0.1, -0.05) is 49.4 Å². The molecule has 150 valence electrons. The van der Waals surface area contributed by atoms with E-state index in [9.17, 15) is 4.79 Å². The van der Waals surface area contributed by atoms with Crippen LogP contribution in [0.3, 0.4) is 0 Å². The molecule has 5 nitrogen and oxygen atoms in total. The number of thioether (sulfide) groups is 2. The van der Waals surface area contributed by atoms with E-state index in [1.54, 1.807) is 23.8 Å². The summed E-state index contributed by atoms with van der Waals surface area (Å²) in [6.07, 6.45) is 1.95. The number of rotatable bonds is 5. The first-order valence-corrected chi connectivity index (χ1v) is 11.2. The first-order chi connectivity index (χ1) is 14.1. The van der Waals surface area contributed by atoms with Gasteiger partial charge in [0.25, 0.3) is 5.91 Å². The number of fused-ring (bicyclic) bond motifs is 1. The van der Waals surface area contributed by atoms with Crippen molar-refractivity contribution in [2.75, 3.05) is 25.6 Å². The maximum absolute atomic E-state index is 13.3. The number of benzene rings is 2. The van der Waals surface area contributed by atoms with Crippen molar-refractivity contribution in [3.8, 4) is 5.75 Å². The summed E-state index contributed by atoms with van der Waals surface area (Å²) < 4.78 is 5.44. The van der Waals surface area contributed by atoms with E-state index in [4.69, 9.17) is 9.73 Å². The molecule has 2 heterocycles. The number of methoxy groups -OCH3 is 1. The van der Waals surface area contributed by atoms with E-state index in [0.717, 1.165) is 34.2 Å². The van der Waals surface area contributed by atoms with Crippen molar-refractivity contribution in [1.29, 1.82) is 0 Å². The van der Waals surface area contributed by atoms with Crippen LogP contribution in [-0.4, -0.2) is 36.7 Å². The van der Waals surface area contributed by atoms with E-state index in [1.807, 2.05) is 43.4 Å². The molecule has 1 amide bonds. The Labute approximate surface area is 179 Å². The molecular formula is C22H23N3O2S2. The Morgan fingerprint density at radius 2 is 1.83 bits per heavy atom. The second kappa shape index (κ2) is 8.55. The van der Waals surface area contributed by atoms with Crippen molar-refractivity contribution in [3.05, 3.63) is 58.5 Å². The lowest BCUT2D eigenvalue weighted by molar-refractivity contribution is -0.122. The molecule has 2 aromatic carbocycles. The first-order valence-electron chi connectivity index (χ1n) is 9.60. The fourth-order valence-corrected chi connectivity index (χ4v) is 5.62. The van der Waals surface area contributed by atoms with Crippen LogP contribution >= 0.6 is 23.5 Å². The number of carbonyl (C=O) groups is 1. The number of amidine groups is 1. The van der Waals surface area contributed by atoms with Crippen molar-refractivity contribution in [1.82, 2.24) is 4.90 Å². The zero-order chi connectivity index (χ0) is 20.4. The number of amides is 1. The molecule has 0 unspecified atom stereocenters. The molecule has 0 aliphatic carbocycles. The molecule has 0 spiro atoms. The quantitative estimate of drug-likeness (QED) is 0.595. The number of nitrogens with zero attached hydrogens (tertiary/aromatic N) is 3. The minimum atomic E-state index is 0.0271. The average Bonchev–Trinajstić information content (AvgIpc) is 3.23. The van der Waals surface area contributed by atoms with Crippen LogP contribution in [0.25, 0.3) is 0 Å². The van der Waals surface area contributed by atoms with Crippen molar-refractivity contribution in [3.63, 3.8) is 0 Å². The largest absolute Gasteiger partial charge is 0.494 e. The van der Waals surface area contributed by atoms with Gasteiger partial charge < -0.3 is 9.64 Å². The molecule has 0 saturated carbocycles. The third-order valence-corrected chi connectivity index (χ3v) is 7.26. The summed E-state index contributed by atoms with van der Waals surface area (Å²) in [5, 5.41) is 1.67. The lowest BCUT2D eigenvalue weighted by Crippen LogP contribution is -2.30. The predicted molar refractivity (Wildman–Crippen MR) is 122 cm³/mol. The Morgan fingerprint density at radius 1 is 1.07 bits per heavy atom. The Morgan fingerprint density at radius 3 is 2.59 bits per heavy atom. The van der Waals surface area contributed by atoms with Crippen LogP contribution in [0.4, 0.5) is 11.4 Å². The number of anilines is 1. The Hall–Kier alpha value is -2.38. The van der Waals surface area contributed by atoms with E-state index in [-0.39, 0.29) is 5.91 Å². The van der Waals surface area contributed by atoms with Crippen LogP contribution in [0.1, 0.15) is 19.8 Å². The molecular weight excluding hydrogens is 402 g/mol. The number of ether oxygens (including phenoxy) is 1. The monoisotopic (exact) mass is 425 g/mol. The molecule has 0 aromatic heterocycles. The summed E-state index contributed by atoms with van der Waals surface area (Å²) in [7, 11) is 3.65. The lowest BCUT2D eigenvalue weighted by atomic mass is 10.3. The molecule has 0 atom stereocenters. The molecule has 7 heteroatoms. The van der Waals surface area contributed by atoms with Gasteiger partial charge in [-0.3, -0.25) is 9.69 Å². The summed E-state index contributed by atoms with van der Waals surface area (Å²) in [5.74, 6) is 0.726. The molecule has 2 aromatic rings. The van der Waals surface area contributed by atoms with Gasteiger partial charge in [0, 0.05) is 18.5 Å². The fourth-order valence-electron chi connectivity index (χ4n) is 3.26. The lowest BCUT2D eigenvalue weighted by Gasteiger charge is -2.16. The molecule has 0 radical (unpaired) electrons. The van der Waals surface area contributed by atoms with Crippen LogP contribution in [0.2, 0.25) is 0 Å². The second-order valence-electron chi connectivity index (χ2n) is 6.74. The number of carbonyl (C=O) groups excluding carboxylic acids is 1. The van der Waals surface area contributed by atoms with Crippen molar-refractivity contribution in [2.24, 2.45) is 4.99 Å². The normalized spacial score (nSPS) is 20.0. The zero-order valence-electron chi connectivity index (χ0n) is 16.7. The molecule has 1 fully saturated rings. The SMILES string of the molecule is CCCCN1C(=O)C(=C2Sc3ccccc3N2C)SC1=Nc1ccccc1OC. The van der Waals surface area contributed by atoms with Gasteiger partial charge in [-0.25, -0.2) is 4.99 Å². The van der Waals surface area contributed by atoms with Crippen LogP contribution in [-0.2, 0) is 4.79 Å². The van der Waals surface area contributed by atoms with Crippen LogP contribution in [0, 0.1) is 0 Å². The van der Waals surface area contributed by atoms with Gasteiger partial charge in [-0.2, -0.15) is 0 Å². The Bertz CT molecular complexity index is 1000. The maximum atomic E-state index is 13.3. The van der Waals surface area contributed by atoms with Crippen molar-refractivity contribution < 1.29 is 9.53 Å². The number of para-hydroxylation sites is 3. The van der Waals surface area contributed by atoms with E-state index in [2.05, 4.69) is 24.0 Å². The summed E-state index contributed by atoms with van der Waals surface area (Å²) in [5.41, 5.74) is 1.86. The maximum Gasteiger partial charge on any atom is 0.269 e. The van der Waals surface area contributed by atoms with Gasteiger partial charge in [0.1, 0.15) is 16.3 Å². The molecule has 2 aliphatic rings. The number of hydrogen-bond acceptors (Lipinski definition) is 6. The standard InChI is InChI=1S/C22H23N3O2S2/c1-4-5-14-25-20(26)19(21-24(2)16-11-7-9-13-18(16)28-21)29-22(25)23-15-10-6-8-12-17(15)27-3/h6-13H,4-5,14H2,1-3H3.